The summed E-state index contributed by atoms with van der Waals surface area (Å²) in [7, 11) is 1.62. The third kappa shape index (κ3) is 4.45. The number of urea groups is 1. The van der Waals surface area contributed by atoms with Gasteiger partial charge in [-0.25, -0.2) is 4.79 Å². The van der Waals surface area contributed by atoms with E-state index in [1.807, 2.05) is 12.1 Å². The zero-order chi connectivity index (χ0) is 15.1. The Balaban J connectivity index is 1.85. The zero-order valence-electron chi connectivity index (χ0n) is 12.0. The summed E-state index contributed by atoms with van der Waals surface area (Å²) < 4.78 is 10.6. The third-order valence-corrected chi connectivity index (χ3v) is 3.28. The second-order valence-electron chi connectivity index (χ2n) is 4.87. The second kappa shape index (κ2) is 7.62. The number of rotatable bonds is 4. The van der Waals surface area contributed by atoms with Crippen LogP contribution in [0.4, 0.5) is 4.79 Å². The van der Waals surface area contributed by atoms with Crippen molar-refractivity contribution in [2.75, 3.05) is 33.4 Å². The predicted octanol–water partition coefficient (Wildman–Crippen LogP) is 1.12. The van der Waals surface area contributed by atoms with E-state index in [0.717, 1.165) is 5.56 Å². The summed E-state index contributed by atoms with van der Waals surface area (Å²) in [4.78, 5) is 13.9. The normalized spacial score (nSPS) is 18.1. The highest BCUT2D eigenvalue weighted by Gasteiger charge is 2.23. The molecule has 0 aliphatic carbocycles. The van der Waals surface area contributed by atoms with Gasteiger partial charge in [0, 0.05) is 20.2 Å². The molecule has 6 nitrogen and oxygen atoms in total. The molecule has 1 saturated heterocycles. The van der Waals surface area contributed by atoms with Crippen LogP contribution in [-0.2, 0) is 16.0 Å². The fourth-order valence-corrected chi connectivity index (χ4v) is 2.23. The van der Waals surface area contributed by atoms with E-state index in [-0.39, 0.29) is 12.1 Å². The van der Waals surface area contributed by atoms with Gasteiger partial charge in [-0.1, -0.05) is 12.1 Å². The molecule has 0 radical (unpaired) electrons. The van der Waals surface area contributed by atoms with Crippen molar-refractivity contribution in [3.63, 3.8) is 0 Å². The molecule has 1 N–H and O–H groups in total. The molecule has 6 heteroatoms. The van der Waals surface area contributed by atoms with Gasteiger partial charge in [0.1, 0.15) is 0 Å². The van der Waals surface area contributed by atoms with Crippen LogP contribution in [0.2, 0.25) is 0 Å². The van der Waals surface area contributed by atoms with Crippen molar-refractivity contribution >= 4 is 6.03 Å². The van der Waals surface area contributed by atoms with Gasteiger partial charge >= 0.3 is 6.03 Å². The highest BCUT2D eigenvalue weighted by molar-refractivity contribution is 5.74. The zero-order valence-corrected chi connectivity index (χ0v) is 12.0. The van der Waals surface area contributed by atoms with Crippen molar-refractivity contribution in [2.45, 2.75) is 12.6 Å². The van der Waals surface area contributed by atoms with E-state index in [2.05, 4.69) is 11.4 Å². The number of carbonyl (C=O) groups is 1. The Morgan fingerprint density at radius 2 is 2.48 bits per heavy atom. The van der Waals surface area contributed by atoms with E-state index in [1.54, 1.807) is 24.1 Å². The molecule has 1 fully saturated rings. The van der Waals surface area contributed by atoms with Gasteiger partial charge < -0.3 is 19.7 Å². The number of carbonyl (C=O) groups excluding carboxylic acids is 1. The summed E-state index contributed by atoms with van der Waals surface area (Å²) >= 11 is 0. The molecule has 1 aliphatic heterocycles. The Labute approximate surface area is 124 Å². The van der Waals surface area contributed by atoms with Gasteiger partial charge in [-0.3, -0.25) is 0 Å². The van der Waals surface area contributed by atoms with Crippen LogP contribution in [0.5, 0.6) is 0 Å². The lowest BCUT2D eigenvalue weighted by Gasteiger charge is -2.32. The fourth-order valence-electron chi connectivity index (χ4n) is 2.23. The van der Waals surface area contributed by atoms with Crippen molar-refractivity contribution in [1.82, 2.24) is 10.2 Å². The van der Waals surface area contributed by atoms with Gasteiger partial charge in [-0.05, 0) is 17.7 Å². The summed E-state index contributed by atoms with van der Waals surface area (Å²) in [6, 6.07) is 9.16. The monoisotopic (exact) mass is 289 g/mol. The van der Waals surface area contributed by atoms with Gasteiger partial charge in [-0.2, -0.15) is 5.26 Å². The number of amides is 2. The predicted molar refractivity (Wildman–Crippen MR) is 76.6 cm³/mol. The van der Waals surface area contributed by atoms with Gasteiger partial charge in [0.2, 0.25) is 0 Å². The smallest absolute Gasteiger partial charge is 0.317 e. The maximum atomic E-state index is 12.1. The number of methoxy groups -OCH3 is 1. The Morgan fingerprint density at radius 1 is 1.62 bits per heavy atom. The first-order valence-corrected chi connectivity index (χ1v) is 6.85. The van der Waals surface area contributed by atoms with E-state index in [1.165, 1.54) is 0 Å². The number of nitrogens with zero attached hydrogens (tertiary/aromatic N) is 2. The van der Waals surface area contributed by atoms with E-state index in [9.17, 15) is 4.79 Å². The summed E-state index contributed by atoms with van der Waals surface area (Å²) in [5.41, 5.74) is 1.50. The molecule has 0 saturated carbocycles. The summed E-state index contributed by atoms with van der Waals surface area (Å²) in [5.74, 6) is 0. The first-order valence-electron chi connectivity index (χ1n) is 6.85. The average Bonchev–Trinajstić information content (AvgIpc) is 2.53. The molecule has 2 amide bonds. The highest BCUT2D eigenvalue weighted by Crippen LogP contribution is 2.07. The third-order valence-electron chi connectivity index (χ3n) is 3.28. The maximum Gasteiger partial charge on any atom is 0.317 e. The molecule has 1 aromatic rings. The van der Waals surface area contributed by atoms with Crippen molar-refractivity contribution < 1.29 is 14.3 Å². The quantitative estimate of drug-likeness (QED) is 0.901. The summed E-state index contributed by atoms with van der Waals surface area (Å²) in [6.07, 6.45) is -0.0728. The SMILES string of the molecule is COCC1CN(C(=O)NCc2cccc(C#N)c2)CCO1. The van der Waals surface area contributed by atoms with Crippen LogP contribution in [0.3, 0.4) is 0 Å². The number of hydrogen-bond donors (Lipinski definition) is 1. The molecule has 0 aromatic heterocycles. The van der Waals surface area contributed by atoms with Gasteiger partial charge in [0.05, 0.1) is 37.5 Å². The van der Waals surface area contributed by atoms with E-state index in [4.69, 9.17) is 14.7 Å². The van der Waals surface area contributed by atoms with Gasteiger partial charge in [0.25, 0.3) is 0 Å². The molecular weight excluding hydrogens is 270 g/mol. The maximum absolute atomic E-state index is 12.1. The average molecular weight is 289 g/mol. The molecule has 112 valence electrons. The number of benzene rings is 1. The summed E-state index contributed by atoms with van der Waals surface area (Å²) in [5, 5.41) is 11.7. The first-order chi connectivity index (χ1) is 10.2. The van der Waals surface area contributed by atoms with Crippen LogP contribution in [0.15, 0.2) is 24.3 Å². The lowest BCUT2D eigenvalue weighted by atomic mass is 10.1. The minimum absolute atomic E-state index is 0.0728. The lowest BCUT2D eigenvalue weighted by molar-refractivity contribution is -0.0494. The van der Waals surface area contributed by atoms with Crippen molar-refractivity contribution in [3.8, 4) is 6.07 Å². The minimum atomic E-state index is -0.123. The Kier molecular flexibility index (Phi) is 5.55. The lowest BCUT2D eigenvalue weighted by Crippen LogP contribution is -2.50. The first kappa shape index (κ1) is 15.3. The molecule has 0 spiro atoms. The van der Waals surface area contributed by atoms with E-state index < -0.39 is 0 Å². The Hall–Kier alpha value is -2.10. The standard InChI is InChI=1S/C15H19N3O3/c1-20-11-14-10-18(5-6-21-14)15(19)17-9-13-4-2-3-12(7-13)8-16/h2-4,7,14H,5-6,9-11H2,1H3,(H,17,19). The molecule has 1 aromatic carbocycles. The Morgan fingerprint density at radius 3 is 3.24 bits per heavy atom. The van der Waals surface area contributed by atoms with Crippen molar-refractivity contribution in [2.24, 2.45) is 0 Å². The number of morpholine rings is 1. The molecule has 21 heavy (non-hydrogen) atoms. The van der Waals surface area contributed by atoms with Crippen molar-refractivity contribution in [1.29, 1.82) is 5.26 Å². The minimum Gasteiger partial charge on any atom is -0.382 e. The van der Waals surface area contributed by atoms with Crippen LogP contribution in [0.25, 0.3) is 0 Å². The highest BCUT2D eigenvalue weighted by atomic mass is 16.5. The molecule has 1 aliphatic rings. The number of nitriles is 1. The van der Waals surface area contributed by atoms with Crippen molar-refractivity contribution in [3.05, 3.63) is 35.4 Å². The summed E-state index contributed by atoms with van der Waals surface area (Å²) in [6.45, 7) is 2.50. The van der Waals surface area contributed by atoms with Crippen LogP contribution in [-0.4, -0.2) is 50.4 Å². The number of ether oxygens (including phenoxy) is 2. The Bertz CT molecular complexity index is 525. The molecule has 1 heterocycles. The molecule has 2 rings (SSSR count). The van der Waals surface area contributed by atoms with E-state index in [0.29, 0.717) is 38.4 Å². The van der Waals surface area contributed by atoms with Crippen LogP contribution < -0.4 is 5.32 Å². The van der Waals surface area contributed by atoms with Crippen LogP contribution in [0.1, 0.15) is 11.1 Å². The van der Waals surface area contributed by atoms with Crippen LogP contribution in [0, 0.1) is 11.3 Å². The van der Waals surface area contributed by atoms with E-state index >= 15 is 0 Å². The number of hydrogen-bond acceptors (Lipinski definition) is 4. The number of nitrogens with one attached hydrogen (secondary N) is 1. The fraction of sp³-hybridized carbons (Fsp3) is 0.467. The van der Waals surface area contributed by atoms with Gasteiger partial charge in [-0.15, -0.1) is 0 Å². The second-order valence-corrected chi connectivity index (χ2v) is 4.87. The largest absolute Gasteiger partial charge is 0.382 e. The molecule has 1 unspecified atom stereocenters. The van der Waals surface area contributed by atoms with Gasteiger partial charge in [0.15, 0.2) is 0 Å². The van der Waals surface area contributed by atoms with Crippen LogP contribution >= 0.6 is 0 Å². The molecule has 0 bridgehead atoms. The topological polar surface area (TPSA) is 74.6 Å². The molecular formula is C15H19N3O3. The molecule has 1 atom stereocenters.